The standard InChI is InChI=1S/C16H28N4O3/c1-10(2)14-18-16(23-19-14)12(4)20-7-5-13(6-8-20)15(22)17-9-11(3)21/h10-13,21H,5-9H2,1-4H3,(H,17,22). The van der Waals surface area contributed by atoms with Crippen molar-refractivity contribution in [2.75, 3.05) is 19.6 Å². The van der Waals surface area contributed by atoms with Crippen LogP contribution in [0.15, 0.2) is 4.52 Å². The van der Waals surface area contributed by atoms with Gasteiger partial charge in [-0.15, -0.1) is 0 Å². The second-order valence-corrected chi connectivity index (χ2v) is 6.73. The molecule has 130 valence electrons. The third-order valence-electron chi connectivity index (χ3n) is 4.35. The highest BCUT2D eigenvalue weighted by Gasteiger charge is 2.29. The van der Waals surface area contributed by atoms with Crippen LogP contribution in [0, 0.1) is 5.92 Å². The number of aliphatic hydroxyl groups excluding tert-OH is 1. The van der Waals surface area contributed by atoms with Crippen LogP contribution in [0.3, 0.4) is 0 Å². The molecule has 0 bridgehead atoms. The molecule has 7 nitrogen and oxygen atoms in total. The van der Waals surface area contributed by atoms with Crippen molar-refractivity contribution >= 4 is 5.91 Å². The van der Waals surface area contributed by atoms with E-state index in [0.717, 1.165) is 31.8 Å². The van der Waals surface area contributed by atoms with E-state index < -0.39 is 6.10 Å². The largest absolute Gasteiger partial charge is 0.392 e. The van der Waals surface area contributed by atoms with E-state index in [1.807, 2.05) is 13.8 Å². The molecule has 0 spiro atoms. The lowest BCUT2D eigenvalue weighted by Crippen LogP contribution is -2.42. The zero-order valence-electron chi connectivity index (χ0n) is 14.5. The summed E-state index contributed by atoms with van der Waals surface area (Å²) in [4.78, 5) is 18.8. The van der Waals surface area contributed by atoms with Crippen molar-refractivity contribution < 1.29 is 14.4 Å². The van der Waals surface area contributed by atoms with E-state index in [4.69, 9.17) is 4.52 Å². The van der Waals surface area contributed by atoms with Crippen LogP contribution in [0.25, 0.3) is 0 Å². The molecule has 2 heterocycles. The van der Waals surface area contributed by atoms with Gasteiger partial charge < -0.3 is 14.9 Å². The summed E-state index contributed by atoms with van der Waals surface area (Å²) in [5.41, 5.74) is 0. The number of amides is 1. The molecule has 0 aromatic carbocycles. The summed E-state index contributed by atoms with van der Waals surface area (Å²) >= 11 is 0. The molecule has 0 aliphatic carbocycles. The molecule has 1 aromatic heterocycles. The number of aromatic nitrogens is 2. The lowest BCUT2D eigenvalue weighted by molar-refractivity contribution is -0.127. The fourth-order valence-electron chi connectivity index (χ4n) is 2.75. The molecule has 2 rings (SSSR count). The van der Waals surface area contributed by atoms with Crippen LogP contribution in [0.4, 0.5) is 0 Å². The van der Waals surface area contributed by atoms with Crippen LogP contribution in [-0.2, 0) is 4.79 Å². The number of carbonyl (C=O) groups excluding carboxylic acids is 1. The minimum Gasteiger partial charge on any atom is -0.392 e. The molecule has 2 unspecified atom stereocenters. The van der Waals surface area contributed by atoms with Crippen molar-refractivity contribution in [2.24, 2.45) is 5.92 Å². The Morgan fingerprint density at radius 1 is 1.35 bits per heavy atom. The number of likely N-dealkylation sites (tertiary alicyclic amines) is 1. The maximum atomic E-state index is 12.0. The first kappa shape index (κ1) is 17.9. The number of hydrogen-bond donors (Lipinski definition) is 2. The van der Waals surface area contributed by atoms with Gasteiger partial charge >= 0.3 is 0 Å². The van der Waals surface area contributed by atoms with Gasteiger partial charge in [0.1, 0.15) is 0 Å². The Balaban J connectivity index is 1.84. The molecular weight excluding hydrogens is 296 g/mol. The third kappa shape index (κ3) is 4.75. The van der Waals surface area contributed by atoms with E-state index in [0.29, 0.717) is 12.4 Å². The molecule has 1 aliphatic rings. The Labute approximate surface area is 137 Å². The Bertz CT molecular complexity index is 507. The van der Waals surface area contributed by atoms with Gasteiger partial charge in [-0.1, -0.05) is 19.0 Å². The molecular formula is C16H28N4O3. The average molecular weight is 324 g/mol. The second kappa shape index (κ2) is 7.88. The van der Waals surface area contributed by atoms with Gasteiger partial charge in [0.05, 0.1) is 12.1 Å². The van der Waals surface area contributed by atoms with Gasteiger partial charge in [-0.2, -0.15) is 4.98 Å². The van der Waals surface area contributed by atoms with Crippen molar-refractivity contribution in [1.82, 2.24) is 20.4 Å². The van der Waals surface area contributed by atoms with E-state index in [9.17, 15) is 9.90 Å². The molecule has 1 aliphatic heterocycles. The molecule has 23 heavy (non-hydrogen) atoms. The van der Waals surface area contributed by atoms with Crippen LogP contribution in [-0.4, -0.2) is 51.8 Å². The van der Waals surface area contributed by atoms with E-state index in [-0.39, 0.29) is 23.8 Å². The number of piperidine rings is 1. The Hall–Kier alpha value is -1.47. The number of carbonyl (C=O) groups is 1. The molecule has 0 saturated carbocycles. The maximum absolute atomic E-state index is 12.0. The summed E-state index contributed by atoms with van der Waals surface area (Å²) in [6.45, 7) is 9.77. The highest BCUT2D eigenvalue weighted by molar-refractivity contribution is 5.78. The maximum Gasteiger partial charge on any atom is 0.243 e. The summed E-state index contributed by atoms with van der Waals surface area (Å²) in [6.07, 6.45) is 1.11. The Morgan fingerprint density at radius 3 is 2.52 bits per heavy atom. The number of nitrogens with one attached hydrogen (secondary N) is 1. The Morgan fingerprint density at radius 2 is 2.00 bits per heavy atom. The number of aliphatic hydroxyl groups is 1. The van der Waals surface area contributed by atoms with Gasteiger partial charge in [-0.05, 0) is 39.8 Å². The minimum absolute atomic E-state index is 0.0195. The van der Waals surface area contributed by atoms with E-state index in [1.165, 1.54) is 0 Å². The minimum atomic E-state index is -0.508. The zero-order valence-corrected chi connectivity index (χ0v) is 14.5. The summed E-state index contributed by atoms with van der Waals surface area (Å²) in [6, 6.07) is 0.0662. The summed E-state index contributed by atoms with van der Waals surface area (Å²) in [5, 5.41) is 16.0. The smallest absolute Gasteiger partial charge is 0.243 e. The lowest BCUT2D eigenvalue weighted by atomic mass is 9.95. The first-order valence-corrected chi connectivity index (χ1v) is 8.41. The van der Waals surface area contributed by atoms with E-state index in [1.54, 1.807) is 6.92 Å². The first-order valence-electron chi connectivity index (χ1n) is 8.41. The summed E-state index contributed by atoms with van der Waals surface area (Å²) in [5.74, 6) is 1.69. The molecule has 2 N–H and O–H groups in total. The SMILES string of the molecule is CC(O)CNC(=O)C1CCN(C(C)c2nc(C(C)C)no2)CC1. The normalized spacial score (nSPS) is 19.7. The van der Waals surface area contributed by atoms with Crippen molar-refractivity contribution in [1.29, 1.82) is 0 Å². The number of rotatable bonds is 6. The monoisotopic (exact) mass is 324 g/mol. The van der Waals surface area contributed by atoms with Gasteiger partial charge in [0.15, 0.2) is 5.82 Å². The molecule has 7 heteroatoms. The number of nitrogens with zero attached hydrogens (tertiary/aromatic N) is 3. The van der Waals surface area contributed by atoms with Crippen LogP contribution in [0.1, 0.15) is 64.2 Å². The van der Waals surface area contributed by atoms with E-state index in [2.05, 4.69) is 27.3 Å². The Kier molecular flexibility index (Phi) is 6.12. The van der Waals surface area contributed by atoms with Crippen molar-refractivity contribution in [3.63, 3.8) is 0 Å². The van der Waals surface area contributed by atoms with Gasteiger partial charge in [-0.25, -0.2) is 0 Å². The molecule has 1 fully saturated rings. The predicted molar refractivity (Wildman–Crippen MR) is 85.8 cm³/mol. The van der Waals surface area contributed by atoms with Crippen molar-refractivity contribution in [2.45, 2.75) is 58.6 Å². The predicted octanol–water partition coefficient (Wildman–Crippen LogP) is 1.46. The summed E-state index contributed by atoms with van der Waals surface area (Å²) < 4.78 is 5.37. The van der Waals surface area contributed by atoms with Gasteiger partial charge in [-0.3, -0.25) is 9.69 Å². The van der Waals surface area contributed by atoms with E-state index >= 15 is 0 Å². The number of hydrogen-bond acceptors (Lipinski definition) is 6. The summed E-state index contributed by atoms with van der Waals surface area (Å²) in [7, 11) is 0. The zero-order chi connectivity index (χ0) is 17.0. The average Bonchev–Trinajstić information content (AvgIpc) is 3.02. The molecule has 2 atom stereocenters. The van der Waals surface area contributed by atoms with Gasteiger partial charge in [0, 0.05) is 18.4 Å². The highest BCUT2D eigenvalue weighted by Crippen LogP contribution is 2.26. The van der Waals surface area contributed by atoms with Crippen LogP contribution < -0.4 is 5.32 Å². The fraction of sp³-hybridized carbons (Fsp3) is 0.812. The molecule has 0 radical (unpaired) electrons. The topological polar surface area (TPSA) is 91.5 Å². The van der Waals surface area contributed by atoms with Crippen LogP contribution in [0.5, 0.6) is 0 Å². The van der Waals surface area contributed by atoms with Crippen LogP contribution >= 0.6 is 0 Å². The van der Waals surface area contributed by atoms with Crippen molar-refractivity contribution in [3.05, 3.63) is 11.7 Å². The second-order valence-electron chi connectivity index (χ2n) is 6.73. The van der Waals surface area contributed by atoms with Gasteiger partial charge in [0.2, 0.25) is 11.8 Å². The first-order chi connectivity index (χ1) is 10.9. The molecule has 1 amide bonds. The fourth-order valence-corrected chi connectivity index (χ4v) is 2.75. The lowest BCUT2D eigenvalue weighted by Gasteiger charge is -2.33. The van der Waals surface area contributed by atoms with Crippen molar-refractivity contribution in [3.8, 4) is 0 Å². The molecule has 1 saturated heterocycles. The van der Waals surface area contributed by atoms with Gasteiger partial charge in [0.25, 0.3) is 0 Å². The van der Waals surface area contributed by atoms with Crippen LogP contribution in [0.2, 0.25) is 0 Å². The molecule has 1 aromatic rings. The quantitative estimate of drug-likeness (QED) is 0.823. The third-order valence-corrected chi connectivity index (χ3v) is 4.35. The highest BCUT2D eigenvalue weighted by atomic mass is 16.5.